The molecular weight excluding hydrogens is 221 g/mol. The summed E-state index contributed by atoms with van der Waals surface area (Å²) < 4.78 is 12.8. The summed E-state index contributed by atoms with van der Waals surface area (Å²) in [4.78, 5) is 10.9. The van der Waals surface area contributed by atoms with E-state index >= 15 is 0 Å². The molecule has 1 saturated carbocycles. The fourth-order valence-corrected chi connectivity index (χ4v) is 2.16. The van der Waals surface area contributed by atoms with Crippen LogP contribution in [0.25, 0.3) is 0 Å². The van der Waals surface area contributed by atoms with Gasteiger partial charge in [-0.05, 0) is 37.5 Å². The van der Waals surface area contributed by atoms with E-state index in [-0.39, 0.29) is 23.8 Å². The minimum Gasteiger partial charge on any atom is -0.481 e. The minimum absolute atomic E-state index is 0.0348. The Labute approximate surface area is 99.7 Å². The molecule has 0 aromatic heterocycles. The van der Waals surface area contributed by atoms with E-state index in [4.69, 9.17) is 5.11 Å². The summed E-state index contributed by atoms with van der Waals surface area (Å²) in [5.41, 5.74) is 0.974. The average Bonchev–Trinajstić information content (AvgIpc) is 2.24. The molecule has 1 aromatic carbocycles. The van der Waals surface area contributed by atoms with Gasteiger partial charge < -0.3 is 10.4 Å². The maximum Gasteiger partial charge on any atom is 0.308 e. The van der Waals surface area contributed by atoms with Crippen molar-refractivity contribution in [1.29, 1.82) is 0 Å². The molecule has 3 nitrogen and oxygen atoms in total. The van der Waals surface area contributed by atoms with Gasteiger partial charge in [0.1, 0.15) is 5.82 Å². The van der Waals surface area contributed by atoms with Crippen molar-refractivity contribution < 1.29 is 14.3 Å². The zero-order valence-corrected chi connectivity index (χ0v) is 9.69. The van der Waals surface area contributed by atoms with E-state index in [9.17, 15) is 9.18 Å². The Balaban J connectivity index is 1.95. The highest BCUT2D eigenvalue weighted by Crippen LogP contribution is 2.29. The lowest BCUT2D eigenvalue weighted by atomic mass is 9.79. The summed E-state index contributed by atoms with van der Waals surface area (Å²) in [6.45, 7) is 1.96. The summed E-state index contributed by atoms with van der Waals surface area (Å²) in [6, 6.07) is 6.37. The van der Waals surface area contributed by atoms with Crippen molar-refractivity contribution in [1.82, 2.24) is 5.32 Å². The quantitative estimate of drug-likeness (QED) is 0.845. The van der Waals surface area contributed by atoms with Gasteiger partial charge in [-0.2, -0.15) is 0 Å². The summed E-state index contributed by atoms with van der Waals surface area (Å²) in [6.07, 6.45) is 1.63. The van der Waals surface area contributed by atoms with Crippen LogP contribution in [0.2, 0.25) is 0 Å². The predicted molar refractivity (Wildman–Crippen MR) is 62.1 cm³/mol. The molecule has 2 rings (SSSR count). The van der Waals surface area contributed by atoms with Gasteiger partial charge in [0, 0.05) is 12.1 Å². The molecule has 1 aromatic rings. The Morgan fingerprint density at radius 1 is 1.41 bits per heavy atom. The third-order valence-electron chi connectivity index (χ3n) is 3.43. The zero-order valence-electron chi connectivity index (χ0n) is 9.69. The van der Waals surface area contributed by atoms with Gasteiger partial charge in [-0.15, -0.1) is 0 Å². The van der Waals surface area contributed by atoms with Crippen molar-refractivity contribution in [2.45, 2.75) is 31.8 Å². The number of carboxylic acids is 1. The van der Waals surface area contributed by atoms with Crippen LogP contribution in [-0.2, 0) is 4.79 Å². The molecule has 2 N–H and O–H groups in total. The lowest BCUT2D eigenvalue weighted by Crippen LogP contribution is -2.48. The van der Waals surface area contributed by atoms with Gasteiger partial charge in [0.25, 0.3) is 0 Å². The summed E-state index contributed by atoms with van der Waals surface area (Å²) in [5, 5.41) is 12.2. The van der Waals surface area contributed by atoms with Crippen molar-refractivity contribution >= 4 is 5.97 Å². The maximum absolute atomic E-state index is 12.8. The van der Waals surface area contributed by atoms with Gasteiger partial charge in [-0.1, -0.05) is 12.1 Å². The van der Waals surface area contributed by atoms with Crippen molar-refractivity contribution in [3.05, 3.63) is 35.6 Å². The van der Waals surface area contributed by atoms with Gasteiger partial charge in [-0.25, -0.2) is 4.39 Å². The van der Waals surface area contributed by atoms with E-state index in [0.717, 1.165) is 18.4 Å². The number of hydrogen-bond donors (Lipinski definition) is 2. The second-order valence-electron chi connectivity index (χ2n) is 4.57. The number of carbonyl (C=O) groups is 1. The number of hydrogen-bond acceptors (Lipinski definition) is 2. The first-order valence-corrected chi connectivity index (χ1v) is 5.82. The van der Waals surface area contributed by atoms with Crippen molar-refractivity contribution in [2.75, 3.05) is 0 Å². The van der Waals surface area contributed by atoms with Crippen molar-refractivity contribution in [2.24, 2.45) is 5.92 Å². The van der Waals surface area contributed by atoms with Gasteiger partial charge in [0.15, 0.2) is 0 Å². The van der Waals surface area contributed by atoms with Crippen molar-refractivity contribution in [3.63, 3.8) is 0 Å². The third-order valence-corrected chi connectivity index (χ3v) is 3.43. The third kappa shape index (κ3) is 2.64. The Kier molecular flexibility index (Phi) is 3.43. The van der Waals surface area contributed by atoms with E-state index in [1.165, 1.54) is 12.1 Å². The number of aliphatic carboxylic acids is 1. The van der Waals surface area contributed by atoms with Crippen LogP contribution >= 0.6 is 0 Å². The van der Waals surface area contributed by atoms with E-state index in [2.05, 4.69) is 5.32 Å². The molecule has 0 amide bonds. The molecule has 4 heteroatoms. The molecule has 0 radical (unpaired) electrons. The molecule has 17 heavy (non-hydrogen) atoms. The lowest BCUT2D eigenvalue weighted by molar-refractivity contribution is -0.146. The minimum atomic E-state index is -0.736. The number of benzene rings is 1. The average molecular weight is 237 g/mol. The van der Waals surface area contributed by atoms with E-state index in [0.29, 0.717) is 0 Å². The molecule has 3 atom stereocenters. The standard InChI is InChI=1S/C13H16FNO2/c1-8(9-2-4-10(14)5-3-9)15-12-7-6-11(12)13(16)17/h2-5,8,11-12,15H,6-7H2,1H3,(H,16,17)/t8-,11?,12?/m1/s1. The number of carboxylic acid groups (broad SMARTS) is 1. The first-order chi connectivity index (χ1) is 8.08. The van der Waals surface area contributed by atoms with Crippen LogP contribution in [0, 0.1) is 11.7 Å². The number of rotatable bonds is 4. The van der Waals surface area contributed by atoms with Gasteiger partial charge in [-0.3, -0.25) is 4.79 Å². The Morgan fingerprint density at radius 2 is 2.06 bits per heavy atom. The summed E-state index contributed by atoms with van der Waals surface area (Å²) in [7, 11) is 0. The normalized spacial score (nSPS) is 25.1. The fraction of sp³-hybridized carbons (Fsp3) is 0.462. The summed E-state index contributed by atoms with van der Waals surface area (Å²) in [5.74, 6) is -1.27. The van der Waals surface area contributed by atoms with Crippen LogP contribution in [0.3, 0.4) is 0 Å². The summed E-state index contributed by atoms with van der Waals surface area (Å²) >= 11 is 0. The van der Waals surface area contributed by atoms with Crippen LogP contribution in [0.15, 0.2) is 24.3 Å². The highest BCUT2D eigenvalue weighted by Gasteiger charge is 2.37. The van der Waals surface area contributed by atoms with Gasteiger partial charge >= 0.3 is 5.97 Å². The molecule has 0 saturated heterocycles. The smallest absolute Gasteiger partial charge is 0.308 e. The predicted octanol–water partition coefficient (Wildman–Crippen LogP) is 2.34. The first kappa shape index (κ1) is 12.0. The molecule has 1 aliphatic rings. The Morgan fingerprint density at radius 3 is 2.53 bits per heavy atom. The molecule has 1 aliphatic carbocycles. The van der Waals surface area contributed by atoms with Crippen LogP contribution in [-0.4, -0.2) is 17.1 Å². The Hall–Kier alpha value is -1.42. The number of halogens is 1. The highest BCUT2D eigenvalue weighted by atomic mass is 19.1. The maximum atomic E-state index is 12.8. The fourth-order valence-electron chi connectivity index (χ4n) is 2.16. The van der Waals surface area contributed by atoms with E-state index < -0.39 is 5.97 Å². The van der Waals surface area contributed by atoms with E-state index in [1.54, 1.807) is 12.1 Å². The monoisotopic (exact) mass is 237 g/mol. The first-order valence-electron chi connectivity index (χ1n) is 5.82. The zero-order chi connectivity index (χ0) is 12.4. The molecular formula is C13H16FNO2. The van der Waals surface area contributed by atoms with E-state index in [1.807, 2.05) is 6.92 Å². The topological polar surface area (TPSA) is 49.3 Å². The highest BCUT2D eigenvalue weighted by molar-refractivity contribution is 5.72. The molecule has 92 valence electrons. The molecule has 1 fully saturated rings. The largest absolute Gasteiger partial charge is 0.481 e. The SMILES string of the molecule is C[C@@H](NC1CCC1C(=O)O)c1ccc(F)cc1. The second-order valence-corrected chi connectivity index (χ2v) is 4.57. The van der Waals surface area contributed by atoms with Crippen LogP contribution < -0.4 is 5.32 Å². The lowest BCUT2D eigenvalue weighted by Gasteiger charge is -2.36. The molecule has 0 aliphatic heterocycles. The molecule has 0 spiro atoms. The molecule has 0 heterocycles. The van der Waals surface area contributed by atoms with Crippen molar-refractivity contribution in [3.8, 4) is 0 Å². The molecule has 0 bridgehead atoms. The second kappa shape index (κ2) is 4.84. The Bertz CT molecular complexity index is 404. The number of nitrogens with one attached hydrogen (secondary N) is 1. The van der Waals surface area contributed by atoms with Crippen LogP contribution in [0.1, 0.15) is 31.4 Å². The van der Waals surface area contributed by atoms with Gasteiger partial charge in [0.2, 0.25) is 0 Å². The van der Waals surface area contributed by atoms with Crippen LogP contribution in [0.4, 0.5) is 4.39 Å². The van der Waals surface area contributed by atoms with Crippen LogP contribution in [0.5, 0.6) is 0 Å². The molecule has 2 unspecified atom stereocenters. The van der Waals surface area contributed by atoms with Gasteiger partial charge in [0.05, 0.1) is 5.92 Å².